The summed E-state index contributed by atoms with van der Waals surface area (Å²) < 4.78 is 24.5. The van der Waals surface area contributed by atoms with Gasteiger partial charge in [0.25, 0.3) is 6.43 Å². The van der Waals surface area contributed by atoms with Crippen LogP contribution in [-0.2, 0) is 5.33 Å². The Morgan fingerprint density at radius 3 is 2.54 bits per heavy atom. The van der Waals surface area contributed by atoms with E-state index < -0.39 is 12.1 Å². The van der Waals surface area contributed by atoms with Crippen LogP contribution in [0.4, 0.5) is 20.3 Å². The molecule has 0 aliphatic rings. The van der Waals surface area contributed by atoms with Crippen LogP contribution in [-0.4, -0.2) is 4.98 Å². The summed E-state index contributed by atoms with van der Waals surface area (Å²) in [6, 6.07) is 1.40. The molecule has 0 unspecified atom stereocenters. The van der Waals surface area contributed by atoms with Crippen LogP contribution in [0.15, 0.2) is 6.07 Å². The fraction of sp³-hybridized carbons (Fsp3) is 0.286. The summed E-state index contributed by atoms with van der Waals surface area (Å²) in [5.74, 6) is 0.0846. The summed E-state index contributed by atoms with van der Waals surface area (Å²) in [7, 11) is 0. The number of nitrogens with two attached hydrogens (primary N) is 2. The van der Waals surface area contributed by atoms with E-state index in [1.807, 2.05) is 0 Å². The molecule has 0 amide bonds. The number of aromatic nitrogens is 1. The fourth-order valence-corrected chi connectivity index (χ4v) is 1.33. The first-order valence-electron chi connectivity index (χ1n) is 3.45. The standard InChI is InChI=1S/C7H8BrF2N3/c8-2-3-1-4(11)5(6(9)10)13-7(3)12/h1,6H,2,11H2,(H2,12,13). The van der Waals surface area contributed by atoms with Crippen molar-refractivity contribution in [2.24, 2.45) is 0 Å². The first-order chi connectivity index (χ1) is 6.06. The summed E-state index contributed by atoms with van der Waals surface area (Å²) in [5, 5.41) is 0.444. The molecule has 0 aromatic carbocycles. The number of nitrogen functional groups attached to an aromatic ring is 2. The molecule has 72 valence electrons. The number of rotatable bonds is 2. The summed E-state index contributed by atoms with van der Waals surface area (Å²) in [5.41, 5.74) is 10.9. The number of halogens is 3. The van der Waals surface area contributed by atoms with Crippen molar-refractivity contribution < 1.29 is 8.78 Å². The zero-order valence-electron chi connectivity index (χ0n) is 6.60. The second-order valence-corrected chi connectivity index (χ2v) is 3.00. The molecule has 1 aromatic heterocycles. The maximum atomic E-state index is 12.2. The van der Waals surface area contributed by atoms with Gasteiger partial charge in [-0.15, -0.1) is 0 Å². The van der Waals surface area contributed by atoms with Gasteiger partial charge in [-0.05, 0) is 6.07 Å². The number of nitrogens with zero attached hydrogens (tertiary/aromatic N) is 1. The second-order valence-electron chi connectivity index (χ2n) is 2.44. The zero-order chi connectivity index (χ0) is 10.0. The lowest BCUT2D eigenvalue weighted by Gasteiger charge is -2.07. The Hall–Kier alpha value is -0.910. The van der Waals surface area contributed by atoms with E-state index >= 15 is 0 Å². The normalized spacial score (nSPS) is 10.8. The molecule has 13 heavy (non-hydrogen) atoms. The van der Waals surface area contributed by atoms with Gasteiger partial charge in [-0.2, -0.15) is 0 Å². The van der Waals surface area contributed by atoms with Crippen LogP contribution in [0.2, 0.25) is 0 Å². The van der Waals surface area contributed by atoms with Crippen molar-refractivity contribution in [2.75, 3.05) is 11.5 Å². The molecule has 0 radical (unpaired) electrons. The van der Waals surface area contributed by atoms with Crippen molar-refractivity contribution >= 4 is 27.4 Å². The molecule has 1 rings (SSSR count). The van der Waals surface area contributed by atoms with Gasteiger partial charge in [0.1, 0.15) is 11.5 Å². The van der Waals surface area contributed by atoms with Crippen LogP contribution in [0.3, 0.4) is 0 Å². The average molecular weight is 252 g/mol. The molecule has 0 spiro atoms. The molecule has 0 atom stereocenters. The number of pyridine rings is 1. The van der Waals surface area contributed by atoms with Crippen molar-refractivity contribution in [3.8, 4) is 0 Å². The minimum atomic E-state index is -2.69. The molecule has 0 bridgehead atoms. The molecule has 6 heteroatoms. The molecular weight excluding hydrogens is 244 g/mol. The Morgan fingerprint density at radius 1 is 1.46 bits per heavy atom. The molecular formula is C7H8BrF2N3. The van der Waals surface area contributed by atoms with Crippen LogP contribution >= 0.6 is 15.9 Å². The van der Waals surface area contributed by atoms with Gasteiger partial charge in [0.05, 0.1) is 5.69 Å². The van der Waals surface area contributed by atoms with E-state index in [-0.39, 0.29) is 11.5 Å². The molecule has 1 heterocycles. The van der Waals surface area contributed by atoms with Crippen LogP contribution in [0.25, 0.3) is 0 Å². The molecule has 0 aliphatic carbocycles. The summed E-state index contributed by atoms with van der Waals surface area (Å²) in [4.78, 5) is 3.52. The van der Waals surface area contributed by atoms with Crippen molar-refractivity contribution in [1.82, 2.24) is 4.98 Å². The van der Waals surface area contributed by atoms with Crippen molar-refractivity contribution in [3.05, 3.63) is 17.3 Å². The van der Waals surface area contributed by atoms with E-state index in [4.69, 9.17) is 11.5 Å². The topological polar surface area (TPSA) is 64.9 Å². The largest absolute Gasteiger partial charge is 0.397 e. The molecule has 4 N–H and O–H groups in total. The average Bonchev–Trinajstić information content (AvgIpc) is 2.07. The zero-order valence-corrected chi connectivity index (χ0v) is 8.18. The van der Waals surface area contributed by atoms with Crippen molar-refractivity contribution in [2.45, 2.75) is 11.8 Å². The van der Waals surface area contributed by atoms with E-state index in [0.717, 1.165) is 0 Å². The first-order valence-corrected chi connectivity index (χ1v) is 4.57. The summed E-state index contributed by atoms with van der Waals surface area (Å²) in [6.45, 7) is 0. The van der Waals surface area contributed by atoms with Gasteiger partial charge >= 0.3 is 0 Å². The quantitative estimate of drug-likeness (QED) is 0.792. The fourth-order valence-electron chi connectivity index (χ4n) is 0.884. The van der Waals surface area contributed by atoms with Crippen LogP contribution in [0.5, 0.6) is 0 Å². The number of hydrogen-bond acceptors (Lipinski definition) is 3. The highest BCUT2D eigenvalue weighted by Gasteiger charge is 2.15. The highest BCUT2D eigenvalue weighted by molar-refractivity contribution is 9.08. The molecule has 0 saturated heterocycles. The molecule has 3 nitrogen and oxygen atoms in total. The smallest absolute Gasteiger partial charge is 0.282 e. The Morgan fingerprint density at radius 2 is 2.08 bits per heavy atom. The van der Waals surface area contributed by atoms with Crippen LogP contribution < -0.4 is 11.5 Å². The Kier molecular flexibility index (Phi) is 3.02. The van der Waals surface area contributed by atoms with E-state index in [1.54, 1.807) is 0 Å². The first kappa shape index (κ1) is 10.2. The maximum Gasteiger partial charge on any atom is 0.282 e. The molecule has 0 fully saturated rings. The number of alkyl halides is 3. The van der Waals surface area contributed by atoms with Gasteiger partial charge in [0, 0.05) is 10.9 Å². The predicted molar refractivity (Wildman–Crippen MR) is 50.6 cm³/mol. The Bertz CT molecular complexity index is 317. The third kappa shape index (κ3) is 2.06. The lowest BCUT2D eigenvalue weighted by Crippen LogP contribution is -2.04. The highest BCUT2D eigenvalue weighted by Crippen LogP contribution is 2.26. The third-order valence-corrected chi connectivity index (χ3v) is 2.15. The van der Waals surface area contributed by atoms with Crippen LogP contribution in [0.1, 0.15) is 17.7 Å². The second kappa shape index (κ2) is 3.87. The van der Waals surface area contributed by atoms with Crippen molar-refractivity contribution in [1.29, 1.82) is 0 Å². The van der Waals surface area contributed by atoms with Crippen LogP contribution in [0, 0.1) is 0 Å². The van der Waals surface area contributed by atoms with Gasteiger partial charge in [-0.1, -0.05) is 15.9 Å². The SMILES string of the molecule is Nc1cc(CBr)c(N)nc1C(F)F. The van der Waals surface area contributed by atoms with Crippen molar-refractivity contribution in [3.63, 3.8) is 0 Å². The molecule has 0 saturated carbocycles. The summed E-state index contributed by atoms with van der Waals surface area (Å²) >= 11 is 3.14. The van der Waals surface area contributed by atoms with Gasteiger partial charge in [0.15, 0.2) is 0 Å². The minimum absolute atomic E-state index is 0.0290. The maximum absolute atomic E-state index is 12.2. The van der Waals surface area contributed by atoms with E-state index in [0.29, 0.717) is 10.9 Å². The molecule has 0 aliphatic heterocycles. The Balaban J connectivity index is 3.20. The Labute approximate surface area is 82.3 Å². The van der Waals surface area contributed by atoms with Gasteiger partial charge < -0.3 is 11.5 Å². The van der Waals surface area contributed by atoms with E-state index in [1.165, 1.54) is 6.07 Å². The monoisotopic (exact) mass is 251 g/mol. The number of hydrogen-bond donors (Lipinski definition) is 2. The van der Waals surface area contributed by atoms with Gasteiger partial charge in [-0.25, -0.2) is 13.8 Å². The van der Waals surface area contributed by atoms with E-state index in [2.05, 4.69) is 20.9 Å². The predicted octanol–water partition coefficient (Wildman–Crippen LogP) is 2.08. The van der Waals surface area contributed by atoms with Gasteiger partial charge in [0.2, 0.25) is 0 Å². The molecule has 1 aromatic rings. The minimum Gasteiger partial charge on any atom is -0.397 e. The summed E-state index contributed by atoms with van der Waals surface area (Å²) in [6.07, 6.45) is -2.69. The highest BCUT2D eigenvalue weighted by atomic mass is 79.9. The van der Waals surface area contributed by atoms with E-state index in [9.17, 15) is 8.78 Å². The number of anilines is 2. The van der Waals surface area contributed by atoms with Gasteiger partial charge in [-0.3, -0.25) is 0 Å². The lowest BCUT2D eigenvalue weighted by atomic mass is 10.2. The lowest BCUT2D eigenvalue weighted by molar-refractivity contribution is 0.147. The third-order valence-electron chi connectivity index (χ3n) is 1.55.